The summed E-state index contributed by atoms with van der Waals surface area (Å²) in [4.78, 5) is 34.8. The molecule has 0 aliphatic heterocycles. The molecular formula is C43H76NO8P. The van der Waals surface area contributed by atoms with Crippen LogP contribution in [0, 0.1) is 0 Å². The number of unbranched alkanes of at least 4 members (excludes halogenated alkanes) is 15. The molecule has 0 saturated heterocycles. The predicted molar refractivity (Wildman–Crippen MR) is 219 cm³/mol. The fraction of sp³-hybridized carbons (Fsp3) is 0.721. The molecule has 0 aliphatic rings. The zero-order chi connectivity index (χ0) is 38.9. The van der Waals surface area contributed by atoms with Crippen LogP contribution in [0.1, 0.15) is 168 Å². The molecule has 306 valence electrons. The van der Waals surface area contributed by atoms with Gasteiger partial charge in [-0.25, -0.2) is 4.57 Å². The summed E-state index contributed by atoms with van der Waals surface area (Å²) in [6.45, 7) is 3.60. The van der Waals surface area contributed by atoms with E-state index in [0.717, 1.165) is 77.0 Å². The van der Waals surface area contributed by atoms with E-state index in [-0.39, 0.29) is 32.6 Å². The summed E-state index contributed by atoms with van der Waals surface area (Å²) in [7, 11) is -4.39. The third-order valence-electron chi connectivity index (χ3n) is 8.36. The lowest BCUT2D eigenvalue weighted by Crippen LogP contribution is -2.29. The Bertz CT molecular complexity index is 1050. The second-order valence-electron chi connectivity index (χ2n) is 13.5. The molecule has 0 radical (unpaired) electrons. The zero-order valence-corrected chi connectivity index (χ0v) is 34.4. The molecule has 0 aromatic rings. The Hall–Kier alpha value is -2.29. The Labute approximate surface area is 323 Å². The number of nitrogens with two attached hydrogens (primary N) is 1. The number of allylic oxidation sites excluding steroid dienone is 10. The van der Waals surface area contributed by atoms with Crippen LogP contribution in [0.4, 0.5) is 0 Å². The van der Waals surface area contributed by atoms with Crippen LogP contribution in [-0.4, -0.2) is 49.3 Å². The molecule has 0 aromatic carbocycles. The van der Waals surface area contributed by atoms with Gasteiger partial charge in [0.05, 0.1) is 13.2 Å². The minimum atomic E-state index is -4.39. The van der Waals surface area contributed by atoms with Crippen molar-refractivity contribution in [2.24, 2.45) is 5.73 Å². The van der Waals surface area contributed by atoms with Crippen LogP contribution < -0.4 is 5.73 Å². The van der Waals surface area contributed by atoms with Crippen LogP contribution >= 0.6 is 7.82 Å². The van der Waals surface area contributed by atoms with Crippen molar-refractivity contribution in [2.45, 2.75) is 174 Å². The molecule has 0 aliphatic carbocycles. The van der Waals surface area contributed by atoms with E-state index in [4.69, 9.17) is 24.3 Å². The number of rotatable bonds is 38. The number of phosphoric acid groups is 1. The lowest BCUT2D eigenvalue weighted by molar-refractivity contribution is -0.161. The van der Waals surface area contributed by atoms with E-state index in [2.05, 4.69) is 74.6 Å². The van der Waals surface area contributed by atoms with Crippen LogP contribution in [0.2, 0.25) is 0 Å². The maximum absolute atomic E-state index is 12.6. The lowest BCUT2D eigenvalue weighted by atomic mass is 10.1. The average Bonchev–Trinajstić information content (AvgIpc) is 3.14. The molecule has 2 atom stereocenters. The molecule has 53 heavy (non-hydrogen) atoms. The van der Waals surface area contributed by atoms with Crippen LogP contribution in [-0.2, 0) is 32.7 Å². The standard InChI is InChI=1S/C43H76NO8P/c1-3-5-7-9-11-13-15-17-19-20-22-23-25-27-29-31-33-35-42(45)49-39-41(40-51-53(47,48)50-38-37-44)52-43(46)36-34-32-30-28-26-24-21-18-16-14-12-10-8-6-4-2/h7,9,13,15,18-21,23,25,41H,3-6,8,10-12,14,16-17,22,24,26-40,44H2,1-2H3,(H,47,48)/b9-7+,15-13+,20-19+,21-18+,25-23+/t41-/m1/s1. The topological polar surface area (TPSA) is 134 Å². The van der Waals surface area contributed by atoms with E-state index in [9.17, 15) is 19.0 Å². The van der Waals surface area contributed by atoms with E-state index in [0.29, 0.717) is 12.8 Å². The minimum Gasteiger partial charge on any atom is -0.462 e. The van der Waals surface area contributed by atoms with Gasteiger partial charge >= 0.3 is 19.8 Å². The highest BCUT2D eigenvalue weighted by Gasteiger charge is 2.25. The van der Waals surface area contributed by atoms with Crippen molar-refractivity contribution in [1.29, 1.82) is 0 Å². The van der Waals surface area contributed by atoms with Gasteiger partial charge in [0.1, 0.15) is 6.61 Å². The van der Waals surface area contributed by atoms with Crippen LogP contribution in [0.3, 0.4) is 0 Å². The van der Waals surface area contributed by atoms with E-state index in [1.54, 1.807) is 0 Å². The summed E-state index contributed by atoms with van der Waals surface area (Å²) in [6, 6.07) is 0. The molecule has 0 saturated carbocycles. The Kier molecular flexibility index (Phi) is 37.7. The summed E-state index contributed by atoms with van der Waals surface area (Å²) >= 11 is 0. The molecule has 9 nitrogen and oxygen atoms in total. The average molecular weight is 766 g/mol. The number of carbonyl (C=O) groups is 2. The van der Waals surface area contributed by atoms with E-state index in [1.165, 1.54) is 51.4 Å². The molecular weight excluding hydrogens is 689 g/mol. The van der Waals surface area contributed by atoms with Gasteiger partial charge in [0.2, 0.25) is 0 Å². The Balaban J connectivity index is 4.26. The molecule has 1 unspecified atom stereocenters. The summed E-state index contributed by atoms with van der Waals surface area (Å²) in [5.74, 6) is -0.879. The number of hydrogen-bond acceptors (Lipinski definition) is 8. The third kappa shape index (κ3) is 39.2. The van der Waals surface area contributed by atoms with Crippen molar-refractivity contribution >= 4 is 19.8 Å². The number of esters is 2. The summed E-state index contributed by atoms with van der Waals surface area (Å²) < 4.78 is 32.7. The number of ether oxygens (including phenoxy) is 2. The van der Waals surface area contributed by atoms with Crippen LogP contribution in [0.5, 0.6) is 0 Å². The molecule has 0 aromatic heterocycles. The zero-order valence-electron chi connectivity index (χ0n) is 33.5. The highest BCUT2D eigenvalue weighted by molar-refractivity contribution is 7.47. The first-order valence-corrected chi connectivity index (χ1v) is 22.3. The Morgan fingerprint density at radius 3 is 1.57 bits per heavy atom. The van der Waals surface area contributed by atoms with E-state index >= 15 is 0 Å². The van der Waals surface area contributed by atoms with Gasteiger partial charge in [-0.15, -0.1) is 0 Å². The minimum absolute atomic E-state index is 0.0450. The fourth-order valence-corrected chi connectivity index (χ4v) is 6.03. The molecule has 0 heterocycles. The molecule has 0 fully saturated rings. The second-order valence-corrected chi connectivity index (χ2v) is 14.9. The summed E-state index contributed by atoms with van der Waals surface area (Å²) in [6.07, 6.45) is 45.3. The van der Waals surface area contributed by atoms with Gasteiger partial charge in [0.25, 0.3) is 0 Å². The van der Waals surface area contributed by atoms with Crippen molar-refractivity contribution in [3.05, 3.63) is 60.8 Å². The van der Waals surface area contributed by atoms with Crippen molar-refractivity contribution in [3.63, 3.8) is 0 Å². The first kappa shape index (κ1) is 50.7. The number of phosphoric ester groups is 1. The van der Waals surface area contributed by atoms with E-state index < -0.39 is 32.5 Å². The van der Waals surface area contributed by atoms with Gasteiger partial charge in [0, 0.05) is 19.4 Å². The largest absolute Gasteiger partial charge is 0.472 e. The maximum Gasteiger partial charge on any atom is 0.472 e. The Morgan fingerprint density at radius 1 is 0.566 bits per heavy atom. The maximum atomic E-state index is 12.6. The van der Waals surface area contributed by atoms with Gasteiger partial charge in [-0.05, 0) is 77.0 Å². The van der Waals surface area contributed by atoms with Crippen molar-refractivity contribution in [1.82, 2.24) is 0 Å². The highest BCUT2D eigenvalue weighted by atomic mass is 31.2. The van der Waals surface area contributed by atoms with Gasteiger partial charge in [-0.2, -0.15) is 0 Å². The van der Waals surface area contributed by atoms with Gasteiger partial charge in [-0.1, -0.05) is 139 Å². The molecule has 0 bridgehead atoms. The Morgan fingerprint density at radius 2 is 1.02 bits per heavy atom. The summed E-state index contributed by atoms with van der Waals surface area (Å²) in [5, 5.41) is 0. The fourth-order valence-electron chi connectivity index (χ4n) is 5.27. The molecule has 0 amide bonds. The van der Waals surface area contributed by atoms with Gasteiger partial charge in [0.15, 0.2) is 6.10 Å². The molecule has 0 rings (SSSR count). The second kappa shape index (κ2) is 39.4. The van der Waals surface area contributed by atoms with Crippen LogP contribution in [0.15, 0.2) is 60.8 Å². The van der Waals surface area contributed by atoms with Gasteiger partial charge in [-0.3, -0.25) is 18.6 Å². The first-order valence-electron chi connectivity index (χ1n) is 20.8. The third-order valence-corrected chi connectivity index (χ3v) is 9.34. The number of carbonyl (C=O) groups excluding carboxylic acids is 2. The van der Waals surface area contributed by atoms with Crippen molar-refractivity contribution < 1.29 is 37.6 Å². The van der Waals surface area contributed by atoms with Crippen LogP contribution in [0.25, 0.3) is 0 Å². The van der Waals surface area contributed by atoms with E-state index in [1.807, 2.05) is 0 Å². The number of hydrogen-bond donors (Lipinski definition) is 2. The van der Waals surface area contributed by atoms with Crippen molar-refractivity contribution in [3.8, 4) is 0 Å². The molecule has 10 heteroatoms. The predicted octanol–water partition coefficient (Wildman–Crippen LogP) is 11.7. The summed E-state index contributed by atoms with van der Waals surface area (Å²) in [5.41, 5.74) is 5.34. The lowest BCUT2D eigenvalue weighted by Gasteiger charge is -2.19. The smallest absolute Gasteiger partial charge is 0.462 e. The monoisotopic (exact) mass is 766 g/mol. The van der Waals surface area contributed by atoms with Crippen molar-refractivity contribution in [2.75, 3.05) is 26.4 Å². The normalized spacial score (nSPS) is 14.0. The first-order chi connectivity index (χ1) is 25.8. The van der Waals surface area contributed by atoms with Gasteiger partial charge < -0.3 is 20.1 Å². The highest BCUT2D eigenvalue weighted by Crippen LogP contribution is 2.43. The molecule has 0 spiro atoms. The quantitative estimate of drug-likeness (QED) is 0.0272. The molecule has 3 N–H and O–H groups in total. The SMILES string of the molecule is CCC/C=C/C/C=C/C/C=C/C/C=C/CCCCCC(=O)OC[C@H](COP(=O)(O)OCCN)OC(=O)CCCCCCC/C=C/CCCCCCCC.